The number of rotatable bonds is 6. The van der Waals surface area contributed by atoms with Crippen LogP contribution in [0.3, 0.4) is 0 Å². The quantitative estimate of drug-likeness (QED) is 0.745. The molecule has 1 atom stereocenters. The van der Waals surface area contributed by atoms with E-state index in [4.69, 9.17) is 4.74 Å². The molecule has 1 aliphatic rings. The van der Waals surface area contributed by atoms with Crippen molar-refractivity contribution < 1.29 is 14.3 Å². The molecule has 1 aromatic heterocycles. The lowest BCUT2D eigenvalue weighted by molar-refractivity contribution is -0.145. The Bertz CT molecular complexity index is 426. The van der Waals surface area contributed by atoms with Crippen molar-refractivity contribution in [1.29, 1.82) is 0 Å². The lowest BCUT2D eigenvalue weighted by Gasteiger charge is -2.25. The molecule has 104 valence electrons. The summed E-state index contributed by atoms with van der Waals surface area (Å²) in [7, 11) is 1.32. The molecule has 1 aromatic rings. The first-order chi connectivity index (χ1) is 9.19. The lowest BCUT2D eigenvalue weighted by Crippen LogP contribution is -2.44. The van der Waals surface area contributed by atoms with Gasteiger partial charge in [0.25, 0.3) is 0 Å². The van der Waals surface area contributed by atoms with Gasteiger partial charge in [-0.25, -0.2) is 9.78 Å². The highest BCUT2D eigenvalue weighted by atomic mass is 16.5. The van der Waals surface area contributed by atoms with Gasteiger partial charge in [0.2, 0.25) is 5.91 Å². The number of nitrogens with one attached hydrogen (secondary N) is 2. The van der Waals surface area contributed by atoms with E-state index in [0.29, 0.717) is 18.8 Å². The summed E-state index contributed by atoms with van der Waals surface area (Å²) in [4.78, 5) is 30.3. The maximum absolute atomic E-state index is 11.9. The number of esters is 1. The van der Waals surface area contributed by atoms with Gasteiger partial charge in [0.1, 0.15) is 6.04 Å². The highest BCUT2D eigenvalue weighted by Crippen LogP contribution is 2.29. The lowest BCUT2D eigenvalue weighted by atomic mass is 9.83. The van der Waals surface area contributed by atoms with Crippen molar-refractivity contribution in [1.82, 2.24) is 15.3 Å². The first-order valence-electron chi connectivity index (χ1n) is 6.53. The topological polar surface area (TPSA) is 84.1 Å². The van der Waals surface area contributed by atoms with Crippen LogP contribution >= 0.6 is 0 Å². The molecule has 0 spiro atoms. The molecule has 2 N–H and O–H groups in total. The number of hydrogen-bond donors (Lipinski definition) is 2. The van der Waals surface area contributed by atoms with Gasteiger partial charge in [-0.15, -0.1) is 0 Å². The third-order valence-electron chi connectivity index (χ3n) is 3.50. The summed E-state index contributed by atoms with van der Waals surface area (Å²) in [6, 6.07) is -0.655. The van der Waals surface area contributed by atoms with Crippen molar-refractivity contribution in [2.24, 2.45) is 5.92 Å². The van der Waals surface area contributed by atoms with Crippen LogP contribution in [-0.2, 0) is 20.7 Å². The number of hydrogen-bond acceptors (Lipinski definition) is 4. The molecule has 1 amide bonds. The van der Waals surface area contributed by atoms with E-state index >= 15 is 0 Å². The molecule has 2 rings (SSSR count). The molecular weight excluding hydrogens is 246 g/mol. The van der Waals surface area contributed by atoms with Gasteiger partial charge in [-0.2, -0.15) is 0 Å². The SMILES string of the molecule is COC(=O)[C@H](Cc1cnc[nH]1)NC(=O)CC1CCC1. The van der Waals surface area contributed by atoms with Crippen LogP contribution in [0.5, 0.6) is 0 Å². The molecule has 0 bridgehead atoms. The molecule has 19 heavy (non-hydrogen) atoms. The van der Waals surface area contributed by atoms with Crippen LogP contribution in [0.25, 0.3) is 0 Å². The van der Waals surface area contributed by atoms with Crippen LogP contribution in [0.4, 0.5) is 0 Å². The van der Waals surface area contributed by atoms with Gasteiger partial charge < -0.3 is 15.0 Å². The van der Waals surface area contributed by atoms with Gasteiger partial charge in [0, 0.05) is 24.7 Å². The average molecular weight is 265 g/mol. The van der Waals surface area contributed by atoms with E-state index in [1.54, 1.807) is 12.5 Å². The number of H-pyrrole nitrogens is 1. The molecular formula is C13H19N3O3. The van der Waals surface area contributed by atoms with Gasteiger partial charge in [0.05, 0.1) is 13.4 Å². The number of ether oxygens (including phenoxy) is 1. The first kappa shape index (κ1) is 13.6. The Morgan fingerprint density at radius 2 is 2.37 bits per heavy atom. The minimum Gasteiger partial charge on any atom is -0.467 e. The summed E-state index contributed by atoms with van der Waals surface area (Å²) in [5.74, 6) is -0.0402. The number of aromatic nitrogens is 2. The summed E-state index contributed by atoms with van der Waals surface area (Å²) in [6.45, 7) is 0. The zero-order chi connectivity index (χ0) is 13.7. The number of carbonyl (C=O) groups is 2. The van der Waals surface area contributed by atoms with Crippen molar-refractivity contribution >= 4 is 11.9 Å². The van der Waals surface area contributed by atoms with E-state index in [9.17, 15) is 9.59 Å². The Hall–Kier alpha value is -1.85. The summed E-state index contributed by atoms with van der Waals surface area (Å²) < 4.78 is 4.72. The van der Waals surface area contributed by atoms with Crippen LogP contribution in [0, 0.1) is 5.92 Å². The van der Waals surface area contributed by atoms with E-state index in [2.05, 4.69) is 15.3 Å². The Labute approximate surface area is 111 Å². The van der Waals surface area contributed by atoms with Gasteiger partial charge in [-0.1, -0.05) is 6.42 Å². The Morgan fingerprint density at radius 1 is 1.58 bits per heavy atom. The predicted molar refractivity (Wildman–Crippen MR) is 68.2 cm³/mol. The average Bonchev–Trinajstić information content (AvgIpc) is 2.85. The maximum Gasteiger partial charge on any atom is 0.328 e. The zero-order valence-corrected chi connectivity index (χ0v) is 11.0. The second-order valence-corrected chi connectivity index (χ2v) is 4.93. The van der Waals surface area contributed by atoms with E-state index in [-0.39, 0.29) is 5.91 Å². The normalized spacial score (nSPS) is 16.5. The molecule has 1 heterocycles. The second kappa shape index (κ2) is 6.36. The van der Waals surface area contributed by atoms with E-state index in [1.165, 1.54) is 13.5 Å². The van der Waals surface area contributed by atoms with Crippen molar-refractivity contribution in [2.75, 3.05) is 7.11 Å². The van der Waals surface area contributed by atoms with Crippen LogP contribution in [0.15, 0.2) is 12.5 Å². The summed E-state index contributed by atoms with van der Waals surface area (Å²) in [5, 5.41) is 2.74. The van der Waals surface area contributed by atoms with Crippen LogP contribution in [-0.4, -0.2) is 35.0 Å². The van der Waals surface area contributed by atoms with Gasteiger partial charge in [0.15, 0.2) is 0 Å². The third kappa shape index (κ3) is 3.81. The van der Waals surface area contributed by atoms with Crippen molar-refractivity contribution in [3.63, 3.8) is 0 Å². The van der Waals surface area contributed by atoms with Crippen molar-refractivity contribution in [3.8, 4) is 0 Å². The number of amides is 1. The molecule has 0 radical (unpaired) electrons. The second-order valence-electron chi connectivity index (χ2n) is 4.93. The largest absolute Gasteiger partial charge is 0.467 e. The van der Waals surface area contributed by atoms with Gasteiger partial charge >= 0.3 is 5.97 Å². The number of imidazole rings is 1. The molecule has 1 saturated carbocycles. The fourth-order valence-corrected chi connectivity index (χ4v) is 2.16. The molecule has 0 aromatic carbocycles. The minimum atomic E-state index is -0.655. The fourth-order valence-electron chi connectivity index (χ4n) is 2.16. The predicted octanol–water partition coefficient (Wildman–Crippen LogP) is 0.800. The smallest absolute Gasteiger partial charge is 0.328 e. The molecule has 1 aliphatic carbocycles. The molecule has 0 saturated heterocycles. The van der Waals surface area contributed by atoms with Crippen molar-refractivity contribution in [2.45, 2.75) is 38.1 Å². The maximum atomic E-state index is 11.9. The summed E-state index contributed by atoms with van der Waals surface area (Å²) in [6.07, 6.45) is 7.45. The minimum absolute atomic E-state index is 0.0837. The molecule has 1 fully saturated rings. The number of aromatic amines is 1. The fraction of sp³-hybridized carbons (Fsp3) is 0.615. The highest BCUT2D eigenvalue weighted by Gasteiger charge is 2.25. The number of carbonyl (C=O) groups excluding carboxylic acids is 2. The van der Waals surface area contributed by atoms with E-state index in [0.717, 1.165) is 18.5 Å². The molecule has 6 heteroatoms. The highest BCUT2D eigenvalue weighted by molar-refractivity contribution is 5.84. The monoisotopic (exact) mass is 265 g/mol. The van der Waals surface area contributed by atoms with Crippen LogP contribution in [0.2, 0.25) is 0 Å². The first-order valence-corrected chi connectivity index (χ1v) is 6.53. The Morgan fingerprint density at radius 3 is 2.89 bits per heavy atom. The van der Waals surface area contributed by atoms with Gasteiger partial charge in [-0.05, 0) is 18.8 Å². The number of methoxy groups -OCH3 is 1. The van der Waals surface area contributed by atoms with Crippen LogP contribution < -0.4 is 5.32 Å². The summed E-state index contributed by atoms with van der Waals surface area (Å²) in [5.41, 5.74) is 0.791. The van der Waals surface area contributed by atoms with Crippen LogP contribution in [0.1, 0.15) is 31.4 Å². The Kier molecular flexibility index (Phi) is 4.54. The van der Waals surface area contributed by atoms with E-state index < -0.39 is 12.0 Å². The standard InChI is InChI=1S/C13H19N3O3/c1-19-13(18)11(6-10-7-14-8-15-10)16-12(17)5-9-3-2-4-9/h7-9,11H,2-6H2,1H3,(H,14,15)(H,16,17)/t11-/m0/s1. The molecule has 0 unspecified atom stereocenters. The molecule has 0 aliphatic heterocycles. The molecule has 6 nitrogen and oxygen atoms in total. The zero-order valence-electron chi connectivity index (χ0n) is 11.0. The number of nitrogens with zero attached hydrogens (tertiary/aromatic N) is 1. The van der Waals surface area contributed by atoms with Gasteiger partial charge in [-0.3, -0.25) is 4.79 Å². The van der Waals surface area contributed by atoms with E-state index in [1.807, 2.05) is 0 Å². The summed E-state index contributed by atoms with van der Waals surface area (Å²) >= 11 is 0. The Balaban J connectivity index is 1.89. The third-order valence-corrected chi connectivity index (χ3v) is 3.50. The van der Waals surface area contributed by atoms with Crippen molar-refractivity contribution in [3.05, 3.63) is 18.2 Å².